The van der Waals surface area contributed by atoms with Crippen LogP contribution >= 0.6 is 11.3 Å². The molecule has 0 aliphatic heterocycles. The Morgan fingerprint density at radius 2 is 2.00 bits per heavy atom. The van der Waals surface area contributed by atoms with Gasteiger partial charge in [0.2, 0.25) is 12.3 Å². The summed E-state index contributed by atoms with van der Waals surface area (Å²) in [6, 6.07) is 6.90. The van der Waals surface area contributed by atoms with Crippen LogP contribution in [0.1, 0.15) is 10.4 Å². The van der Waals surface area contributed by atoms with Gasteiger partial charge in [-0.15, -0.1) is 21.5 Å². The summed E-state index contributed by atoms with van der Waals surface area (Å²) in [5.41, 5.74) is 2.00. The molecule has 2 aromatic heterocycles. The molecule has 8 heteroatoms. The number of benzene rings is 1. The number of anilines is 1. The summed E-state index contributed by atoms with van der Waals surface area (Å²) in [7, 11) is -3.60. The van der Waals surface area contributed by atoms with Crippen molar-refractivity contribution in [2.45, 2.75) is 18.7 Å². The van der Waals surface area contributed by atoms with Gasteiger partial charge in [0.15, 0.2) is 0 Å². The van der Waals surface area contributed by atoms with Gasteiger partial charge in [-0.05, 0) is 43.7 Å². The Morgan fingerprint density at radius 1 is 1.18 bits per heavy atom. The van der Waals surface area contributed by atoms with Crippen molar-refractivity contribution in [3.05, 3.63) is 46.5 Å². The Morgan fingerprint density at radius 3 is 2.64 bits per heavy atom. The van der Waals surface area contributed by atoms with Crippen molar-refractivity contribution in [3.63, 3.8) is 0 Å². The van der Waals surface area contributed by atoms with Crippen LogP contribution in [-0.2, 0) is 10.0 Å². The lowest BCUT2D eigenvalue weighted by molar-refractivity contribution is 0.568. The van der Waals surface area contributed by atoms with Crippen LogP contribution in [0.2, 0.25) is 0 Å². The number of aryl methyl sites for hydroxylation is 2. The van der Waals surface area contributed by atoms with E-state index in [1.54, 1.807) is 23.6 Å². The van der Waals surface area contributed by atoms with Gasteiger partial charge in [0, 0.05) is 21.5 Å². The van der Waals surface area contributed by atoms with Crippen LogP contribution in [0.15, 0.2) is 45.4 Å². The predicted octanol–water partition coefficient (Wildman–Crippen LogP) is 3.22. The lowest BCUT2D eigenvalue weighted by atomic mass is 10.1. The molecule has 3 aromatic rings. The van der Waals surface area contributed by atoms with Crippen LogP contribution in [0.3, 0.4) is 0 Å². The maximum Gasteiger partial charge on any atom is 0.262 e. The van der Waals surface area contributed by atoms with Gasteiger partial charge >= 0.3 is 0 Å². The third-order valence-electron chi connectivity index (χ3n) is 2.95. The Kier molecular flexibility index (Phi) is 3.71. The van der Waals surface area contributed by atoms with Crippen LogP contribution in [0, 0.1) is 13.8 Å². The number of aromatic nitrogens is 2. The smallest absolute Gasteiger partial charge is 0.262 e. The van der Waals surface area contributed by atoms with Gasteiger partial charge in [-0.1, -0.05) is 0 Å². The summed E-state index contributed by atoms with van der Waals surface area (Å²) in [5.74, 6) is 0.343. The molecule has 22 heavy (non-hydrogen) atoms. The molecular formula is C14H13N3O3S2. The highest BCUT2D eigenvalue weighted by Crippen LogP contribution is 2.26. The SMILES string of the molecule is Cc1cc(NS(=O)(=O)c2csc(C)c2)cc(-c2nnco2)c1. The number of hydrogen-bond donors (Lipinski definition) is 1. The average molecular weight is 335 g/mol. The third kappa shape index (κ3) is 3.02. The van der Waals surface area contributed by atoms with Gasteiger partial charge < -0.3 is 4.42 Å². The molecule has 114 valence electrons. The summed E-state index contributed by atoms with van der Waals surface area (Å²) in [6.07, 6.45) is 1.23. The van der Waals surface area contributed by atoms with E-state index in [1.165, 1.54) is 17.7 Å². The summed E-state index contributed by atoms with van der Waals surface area (Å²) < 4.78 is 32.5. The van der Waals surface area contributed by atoms with Crippen LogP contribution < -0.4 is 4.72 Å². The van der Waals surface area contributed by atoms with E-state index in [4.69, 9.17) is 4.42 Å². The maximum atomic E-state index is 12.4. The molecule has 0 unspecified atom stereocenters. The van der Waals surface area contributed by atoms with Crippen molar-refractivity contribution in [1.29, 1.82) is 0 Å². The van der Waals surface area contributed by atoms with Crippen molar-refractivity contribution in [2.75, 3.05) is 4.72 Å². The van der Waals surface area contributed by atoms with Crippen molar-refractivity contribution in [1.82, 2.24) is 10.2 Å². The van der Waals surface area contributed by atoms with Crippen LogP contribution in [-0.4, -0.2) is 18.6 Å². The quantitative estimate of drug-likeness (QED) is 0.791. The Balaban J connectivity index is 1.96. The topological polar surface area (TPSA) is 85.1 Å². The van der Waals surface area contributed by atoms with E-state index in [2.05, 4.69) is 14.9 Å². The Bertz CT molecular complexity index is 899. The summed E-state index contributed by atoms with van der Waals surface area (Å²) in [6.45, 7) is 3.73. The lowest BCUT2D eigenvalue weighted by Gasteiger charge is -2.08. The zero-order chi connectivity index (χ0) is 15.7. The summed E-state index contributed by atoms with van der Waals surface area (Å²) in [4.78, 5) is 1.20. The Hall–Kier alpha value is -2.19. The monoisotopic (exact) mass is 335 g/mol. The molecule has 0 bridgehead atoms. The molecule has 0 fully saturated rings. The maximum absolute atomic E-state index is 12.4. The molecule has 1 N–H and O–H groups in total. The molecule has 0 aliphatic rings. The number of nitrogens with one attached hydrogen (secondary N) is 1. The molecule has 3 rings (SSSR count). The number of thiophene rings is 1. The van der Waals surface area contributed by atoms with Crippen LogP contribution in [0.25, 0.3) is 11.5 Å². The zero-order valence-corrected chi connectivity index (χ0v) is 13.5. The standard InChI is InChI=1S/C14H13N3O3S2/c1-9-3-11(14-16-15-8-20-14)6-12(4-9)17-22(18,19)13-5-10(2)21-7-13/h3-8,17H,1-2H3. The van der Waals surface area contributed by atoms with Gasteiger partial charge in [-0.2, -0.15) is 0 Å². The minimum Gasteiger partial charge on any atom is -0.423 e. The fourth-order valence-corrected chi connectivity index (χ4v) is 4.21. The molecule has 0 saturated carbocycles. The number of nitrogens with zero attached hydrogens (tertiary/aromatic N) is 2. The fraction of sp³-hybridized carbons (Fsp3) is 0.143. The highest BCUT2D eigenvalue weighted by Gasteiger charge is 2.16. The second kappa shape index (κ2) is 5.54. The first-order valence-corrected chi connectivity index (χ1v) is 8.76. The molecule has 1 aromatic carbocycles. The minimum absolute atomic E-state index is 0.260. The normalized spacial score (nSPS) is 11.5. The van der Waals surface area contributed by atoms with Crippen LogP contribution in [0.4, 0.5) is 5.69 Å². The number of rotatable bonds is 4. The molecule has 0 amide bonds. The Labute approximate surface area is 131 Å². The number of hydrogen-bond acceptors (Lipinski definition) is 6. The van der Waals surface area contributed by atoms with Gasteiger partial charge in [0.1, 0.15) is 0 Å². The van der Waals surface area contributed by atoms with E-state index >= 15 is 0 Å². The molecule has 0 saturated heterocycles. The first kappa shape index (κ1) is 14.7. The second-order valence-corrected chi connectivity index (χ2v) is 7.63. The molecule has 6 nitrogen and oxygen atoms in total. The predicted molar refractivity (Wildman–Crippen MR) is 84.3 cm³/mol. The summed E-state index contributed by atoms with van der Waals surface area (Å²) in [5, 5.41) is 9.08. The molecule has 2 heterocycles. The minimum atomic E-state index is -3.60. The molecule has 0 atom stereocenters. The van der Waals surface area contributed by atoms with Crippen molar-refractivity contribution in [3.8, 4) is 11.5 Å². The molecular weight excluding hydrogens is 322 g/mol. The number of sulfonamides is 1. The van der Waals surface area contributed by atoms with Crippen molar-refractivity contribution < 1.29 is 12.8 Å². The first-order valence-electron chi connectivity index (χ1n) is 6.40. The summed E-state index contributed by atoms with van der Waals surface area (Å²) >= 11 is 1.39. The molecule has 0 spiro atoms. The zero-order valence-electron chi connectivity index (χ0n) is 11.9. The van der Waals surface area contributed by atoms with Gasteiger partial charge in [-0.25, -0.2) is 8.42 Å². The van der Waals surface area contributed by atoms with E-state index in [0.29, 0.717) is 17.1 Å². The first-order chi connectivity index (χ1) is 10.4. The van der Waals surface area contributed by atoms with Gasteiger partial charge in [-0.3, -0.25) is 4.72 Å². The highest BCUT2D eigenvalue weighted by molar-refractivity contribution is 7.92. The van der Waals surface area contributed by atoms with Gasteiger partial charge in [0.25, 0.3) is 10.0 Å². The van der Waals surface area contributed by atoms with Crippen molar-refractivity contribution >= 4 is 27.0 Å². The van der Waals surface area contributed by atoms with E-state index in [0.717, 1.165) is 10.4 Å². The third-order valence-corrected chi connectivity index (χ3v) is 5.32. The lowest BCUT2D eigenvalue weighted by Crippen LogP contribution is -2.12. The van der Waals surface area contributed by atoms with E-state index < -0.39 is 10.0 Å². The highest BCUT2D eigenvalue weighted by atomic mass is 32.2. The van der Waals surface area contributed by atoms with Crippen molar-refractivity contribution in [2.24, 2.45) is 0 Å². The molecule has 0 radical (unpaired) electrons. The fourth-order valence-electron chi connectivity index (χ4n) is 2.04. The van der Waals surface area contributed by atoms with Crippen LogP contribution in [0.5, 0.6) is 0 Å². The van der Waals surface area contributed by atoms with E-state index in [9.17, 15) is 8.42 Å². The van der Waals surface area contributed by atoms with E-state index in [-0.39, 0.29) is 4.90 Å². The largest absolute Gasteiger partial charge is 0.423 e. The molecule has 0 aliphatic carbocycles. The average Bonchev–Trinajstić information content (AvgIpc) is 3.08. The van der Waals surface area contributed by atoms with E-state index in [1.807, 2.05) is 19.9 Å². The van der Waals surface area contributed by atoms with Gasteiger partial charge in [0.05, 0.1) is 4.90 Å². The second-order valence-electron chi connectivity index (χ2n) is 4.83.